The molecule has 3 nitrogen and oxygen atoms in total. The normalized spacial score (nSPS) is 11.7. The highest BCUT2D eigenvalue weighted by molar-refractivity contribution is 7.89. The zero-order valence-corrected chi connectivity index (χ0v) is 16.0. The van der Waals surface area contributed by atoms with Crippen LogP contribution in [0, 0.1) is 42.9 Å². The molecular formula is C20H14F5NO2S. The second-order valence-corrected chi connectivity index (χ2v) is 8.00. The fourth-order valence-electron chi connectivity index (χ4n) is 3.17. The third-order valence-electron chi connectivity index (χ3n) is 4.46. The van der Waals surface area contributed by atoms with Crippen LogP contribution in [0.3, 0.4) is 0 Å². The molecule has 0 fully saturated rings. The van der Waals surface area contributed by atoms with Crippen LogP contribution in [0.5, 0.6) is 0 Å². The predicted octanol–water partition coefficient (Wildman–Crippen LogP) is 4.98. The van der Waals surface area contributed by atoms with Gasteiger partial charge in [0.25, 0.3) is 0 Å². The van der Waals surface area contributed by atoms with E-state index in [-0.39, 0.29) is 16.7 Å². The number of rotatable bonds is 3. The highest BCUT2D eigenvalue weighted by Gasteiger charge is 2.30. The summed E-state index contributed by atoms with van der Waals surface area (Å²) in [7, 11) is -4.42. The minimum absolute atomic E-state index is 0.0511. The van der Waals surface area contributed by atoms with Gasteiger partial charge in [-0.05, 0) is 48.7 Å². The summed E-state index contributed by atoms with van der Waals surface area (Å²) in [6, 6.07) is 6.94. The largest absolute Gasteiger partial charge is 0.238 e. The Morgan fingerprint density at radius 2 is 1.21 bits per heavy atom. The zero-order chi connectivity index (χ0) is 21.7. The highest BCUT2D eigenvalue weighted by Crippen LogP contribution is 2.42. The molecular weight excluding hydrogens is 413 g/mol. The summed E-state index contributed by atoms with van der Waals surface area (Å²) in [5, 5.41) is 5.15. The number of aryl methyl sites for hydroxylation is 2. The van der Waals surface area contributed by atoms with Crippen molar-refractivity contribution in [1.29, 1.82) is 0 Å². The van der Waals surface area contributed by atoms with Gasteiger partial charge in [-0.2, -0.15) is 0 Å². The number of primary sulfonamides is 1. The van der Waals surface area contributed by atoms with Crippen LogP contribution in [-0.4, -0.2) is 8.42 Å². The van der Waals surface area contributed by atoms with Gasteiger partial charge in [-0.3, -0.25) is 0 Å². The molecule has 0 unspecified atom stereocenters. The zero-order valence-electron chi connectivity index (χ0n) is 15.2. The van der Waals surface area contributed by atoms with Gasteiger partial charge in [-0.15, -0.1) is 0 Å². The second kappa shape index (κ2) is 7.23. The first kappa shape index (κ1) is 20.9. The summed E-state index contributed by atoms with van der Waals surface area (Å²) in [5.41, 5.74) is -2.10. The van der Waals surface area contributed by atoms with Gasteiger partial charge >= 0.3 is 0 Å². The quantitative estimate of drug-likeness (QED) is 0.364. The predicted molar refractivity (Wildman–Crippen MR) is 98.0 cm³/mol. The Labute approximate surface area is 163 Å². The van der Waals surface area contributed by atoms with Crippen molar-refractivity contribution in [3.8, 4) is 22.3 Å². The van der Waals surface area contributed by atoms with E-state index in [4.69, 9.17) is 5.14 Å². The molecule has 0 saturated heterocycles. The van der Waals surface area contributed by atoms with Gasteiger partial charge in [0, 0.05) is 16.7 Å². The minimum atomic E-state index is -4.42. The molecule has 9 heteroatoms. The van der Waals surface area contributed by atoms with E-state index in [1.165, 1.54) is 26.0 Å². The molecule has 3 aromatic rings. The first-order valence-corrected chi connectivity index (χ1v) is 9.75. The van der Waals surface area contributed by atoms with Crippen LogP contribution in [0.15, 0.2) is 41.3 Å². The Bertz CT molecular complexity index is 1230. The van der Waals surface area contributed by atoms with Crippen molar-refractivity contribution in [3.63, 3.8) is 0 Å². The van der Waals surface area contributed by atoms with Crippen LogP contribution in [0.1, 0.15) is 11.1 Å². The second-order valence-electron chi connectivity index (χ2n) is 6.47. The number of sulfonamides is 1. The molecule has 0 aliphatic carbocycles. The third-order valence-corrected chi connectivity index (χ3v) is 5.42. The lowest BCUT2D eigenvalue weighted by molar-refractivity contribution is 0.412. The molecule has 3 rings (SSSR count). The van der Waals surface area contributed by atoms with Gasteiger partial charge < -0.3 is 0 Å². The van der Waals surface area contributed by atoms with E-state index in [2.05, 4.69) is 0 Å². The van der Waals surface area contributed by atoms with Gasteiger partial charge in [0.05, 0.1) is 4.90 Å². The van der Waals surface area contributed by atoms with Gasteiger partial charge in [0.2, 0.25) is 10.0 Å². The van der Waals surface area contributed by atoms with E-state index in [0.29, 0.717) is 0 Å². The molecule has 0 heterocycles. The van der Waals surface area contributed by atoms with E-state index < -0.39 is 60.7 Å². The van der Waals surface area contributed by atoms with E-state index in [1.807, 2.05) is 0 Å². The average molecular weight is 427 g/mol. The standard InChI is InChI=1S/C20H14F5NO2S/c1-9-7-11(8-10(2)16(9)21)14-15(18(23)20(25)19(24)17(14)22)12-5-3-4-6-13(12)29(26,27)28/h3-8H,1-2H3,(H2,26,27,28). The van der Waals surface area contributed by atoms with Gasteiger partial charge in [0.15, 0.2) is 23.3 Å². The molecule has 0 bridgehead atoms. The number of hydrogen-bond donors (Lipinski definition) is 1. The van der Waals surface area contributed by atoms with Crippen molar-refractivity contribution in [1.82, 2.24) is 0 Å². The maximum atomic E-state index is 14.8. The number of benzene rings is 3. The molecule has 3 aromatic carbocycles. The van der Waals surface area contributed by atoms with Crippen LogP contribution in [0.2, 0.25) is 0 Å². The monoisotopic (exact) mass is 427 g/mol. The molecule has 0 spiro atoms. The molecule has 0 aliphatic heterocycles. The van der Waals surface area contributed by atoms with Gasteiger partial charge in [0.1, 0.15) is 5.82 Å². The highest BCUT2D eigenvalue weighted by atomic mass is 32.2. The summed E-state index contributed by atoms with van der Waals surface area (Å²) in [4.78, 5) is -0.610. The topological polar surface area (TPSA) is 60.2 Å². The maximum Gasteiger partial charge on any atom is 0.238 e. The summed E-state index contributed by atoms with van der Waals surface area (Å²) < 4.78 is 95.6. The van der Waals surface area contributed by atoms with Crippen molar-refractivity contribution >= 4 is 10.0 Å². The molecule has 0 saturated carbocycles. The molecule has 0 aliphatic rings. The average Bonchev–Trinajstić information content (AvgIpc) is 2.66. The Hall–Kier alpha value is -2.78. The van der Waals surface area contributed by atoms with E-state index in [0.717, 1.165) is 24.3 Å². The SMILES string of the molecule is Cc1cc(-c2c(F)c(F)c(F)c(F)c2-c2ccccc2S(N)(=O)=O)cc(C)c1F. The molecule has 0 aromatic heterocycles. The van der Waals surface area contributed by atoms with E-state index in [1.54, 1.807) is 0 Å². The molecule has 0 radical (unpaired) electrons. The number of hydrogen-bond acceptors (Lipinski definition) is 2. The van der Waals surface area contributed by atoms with Crippen LogP contribution >= 0.6 is 0 Å². The Balaban J connectivity index is 2.54. The third kappa shape index (κ3) is 3.51. The maximum absolute atomic E-state index is 14.8. The van der Waals surface area contributed by atoms with Gasteiger partial charge in [-0.1, -0.05) is 18.2 Å². The first-order chi connectivity index (χ1) is 13.4. The Morgan fingerprint density at radius 1 is 0.724 bits per heavy atom. The fraction of sp³-hybridized carbons (Fsp3) is 0.100. The van der Waals surface area contributed by atoms with Gasteiger partial charge in [-0.25, -0.2) is 35.5 Å². The molecule has 29 heavy (non-hydrogen) atoms. The summed E-state index contributed by atoms with van der Waals surface area (Å²) in [6.07, 6.45) is 0. The van der Waals surface area contributed by atoms with E-state index in [9.17, 15) is 30.4 Å². The lowest BCUT2D eigenvalue weighted by Gasteiger charge is -2.17. The number of halogens is 5. The summed E-state index contributed by atoms with van der Waals surface area (Å²) in [6.45, 7) is 2.72. The van der Waals surface area contributed by atoms with Crippen LogP contribution in [0.4, 0.5) is 22.0 Å². The molecule has 0 amide bonds. The summed E-state index contributed by atoms with van der Waals surface area (Å²) >= 11 is 0. The smallest absolute Gasteiger partial charge is 0.225 e. The first-order valence-electron chi connectivity index (χ1n) is 8.20. The summed E-state index contributed by atoms with van der Waals surface area (Å²) in [5.74, 6) is -8.33. The van der Waals surface area contributed by atoms with E-state index >= 15 is 0 Å². The molecule has 152 valence electrons. The molecule has 0 atom stereocenters. The fourth-order valence-corrected chi connectivity index (χ4v) is 3.91. The van der Waals surface area contributed by atoms with Crippen molar-refractivity contribution < 1.29 is 30.4 Å². The molecule has 2 N–H and O–H groups in total. The van der Waals surface area contributed by atoms with Crippen molar-refractivity contribution in [2.45, 2.75) is 18.7 Å². The van der Waals surface area contributed by atoms with Crippen LogP contribution in [0.25, 0.3) is 22.3 Å². The lowest BCUT2D eigenvalue weighted by Crippen LogP contribution is -2.14. The number of nitrogens with two attached hydrogens (primary N) is 1. The van der Waals surface area contributed by atoms with Crippen LogP contribution in [-0.2, 0) is 10.0 Å². The Kier molecular flexibility index (Phi) is 5.22. The van der Waals surface area contributed by atoms with Crippen molar-refractivity contribution in [2.24, 2.45) is 5.14 Å². The van der Waals surface area contributed by atoms with Crippen molar-refractivity contribution in [2.75, 3.05) is 0 Å². The van der Waals surface area contributed by atoms with Crippen LogP contribution < -0.4 is 5.14 Å². The Morgan fingerprint density at radius 3 is 1.72 bits per heavy atom. The van der Waals surface area contributed by atoms with Crippen molar-refractivity contribution in [3.05, 3.63) is 76.6 Å². The minimum Gasteiger partial charge on any atom is -0.225 e. The lowest BCUT2D eigenvalue weighted by atomic mass is 9.91.